The molecule has 88 valence electrons. The van der Waals surface area contributed by atoms with Gasteiger partial charge in [-0.15, -0.1) is 0 Å². The van der Waals surface area contributed by atoms with Crippen molar-refractivity contribution in [3.63, 3.8) is 0 Å². The molecule has 0 saturated heterocycles. The molecular weight excluding hydrogens is 226 g/mol. The third-order valence-corrected chi connectivity index (χ3v) is 5.58. The average molecular weight is 242 g/mol. The smallest absolute Gasteiger partial charge is 0.307 e. The van der Waals surface area contributed by atoms with Crippen LogP contribution in [0.3, 0.4) is 0 Å². The third-order valence-electron chi connectivity index (χ3n) is 3.52. The summed E-state index contributed by atoms with van der Waals surface area (Å²) >= 11 is 0. The van der Waals surface area contributed by atoms with Gasteiger partial charge in [-0.25, -0.2) is 0 Å². The van der Waals surface area contributed by atoms with Crippen LogP contribution in [0.15, 0.2) is 6.20 Å². The highest BCUT2D eigenvalue weighted by molar-refractivity contribution is 7.85. The van der Waals surface area contributed by atoms with E-state index in [4.69, 9.17) is 0 Å². The first-order chi connectivity index (χ1) is 7.68. The van der Waals surface area contributed by atoms with Gasteiger partial charge in [0.05, 0.1) is 11.3 Å². The Morgan fingerprint density at radius 2 is 2.00 bits per heavy atom. The number of nitrogens with zero attached hydrogens (tertiary/aromatic N) is 1. The Bertz CT molecular complexity index is 479. The fraction of sp³-hybridized carbons (Fsp3) is 0.700. The van der Waals surface area contributed by atoms with Gasteiger partial charge in [-0.05, 0) is 16.9 Å². The summed E-state index contributed by atoms with van der Waals surface area (Å²) in [5.41, 5.74) is 2.07. The minimum atomic E-state index is -3.18. The first kappa shape index (κ1) is 10.3. The van der Waals surface area contributed by atoms with Gasteiger partial charge in [0, 0.05) is 13.1 Å². The third kappa shape index (κ3) is 1.48. The largest absolute Gasteiger partial charge is 0.393 e. The van der Waals surface area contributed by atoms with E-state index in [1.807, 2.05) is 0 Å². The second-order valence-corrected chi connectivity index (χ2v) is 6.69. The predicted octanol–water partition coefficient (Wildman–Crippen LogP) is 0.0259. The lowest BCUT2D eigenvalue weighted by molar-refractivity contribution is -0.576. The number of fused-ring (bicyclic) bond motifs is 1. The van der Waals surface area contributed by atoms with E-state index in [0.717, 1.165) is 50.0 Å². The van der Waals surface area contributed by atoms with Crippen molar-refractivity contribution in [3.05, 3.63) is 17.5 Å². The van der Waals surface area contributed by atoms with Crippen LogP contribution in [0.5, 0.6) is 0 Å². The summed E-state index contributed by atoms with van der Waals surface area (Å²) in [5.74, 6) is 0. The number of rotatable bonds is 2. The van der Waals surface area contributed by atoms with E-state index < -0.39 is 10.0 Å². The standard InChI is InChI=1S/C10H15N3O2S/c14-16(15,9-3-1-2-4-9)13-7-8-5-11-6-10(8)12-13/h7,9,11H,1-6H2/p+1. The molecule has 3 rings (SSSR count). The van der Waals surface area contributed by atoms with E-state index in [9.17, 15) is 8.42 Å². The van der Waals surface area contributed by atoms with E-state index in [1.54, 1.807) is 6.20 Å². The van der Waals surface area contributed by atoms with Crippen molar-refractivity contribution in [1.29, 1.82) is 0 Å². The molecule has 1 saturated carbocycles. The summed E-state index contributed by atoms with van der Waals surface area (Å²) < 4.78 is 25.8. The molecule has 5 nitrogen and oxygen atoms in total. The van der Waals surface area contributed by atoms with Gasteiger partial charge in [-0.1, -0.05) is 12.8 Å². The first-order valence-electron chi connectivity index (χ1n) is 5.75. The molecule has 16 heavy (non-hydrogen) atoms. The molecule has 0 bridgehead atoms. The number of nitrogens with one attached hydrogen (secondary N) is 2. The van der Waals surface area contributed by atoms with Crippen molar-refractivity contribution in [2.24, 2.45) is 0 Å². The lowest BCUT2D eigenvalue weighted by Crippen LogP contribution is -2.49. The molecule has 2 aliphatic rings. The second-order valence-electron chi connectivity index (χ2n) is 4.60. The van der Waals surface area contributed by atoms with Gasteiger partial charge in [0.2, 0.25) is 6.20 Å². The highest BCUT2D eigenvalue weighted by Gasteiger charge is 2.38. The molecule has 1 aromatic heterocycles. The second kappa shape index (κ2) is 3.56. The van der Waals surface area contributed by atoms with Crippen molar-refractivity contribution >= 4 is 10.0 Å². The van der Waals surface area contributed by atoms with Gasteiger partial charge in [-0.3, -0.25) is 0 Å². The maximum absolute atomic E-state index is 12.3. The Morgan fingerprint density at radius 3 is 2.69 bits per heavy atom. The Hall–Kier alpha value is -0.880. The van der Waals surface area contributed by atoms with Crippen LogP contribution in [0, 0.1) is 0 Å². The quantitative estimate of drug-likeness (QED) is 0.719. The number of aromatic nitrogens is 2. The Balaban J connectivity index is 1.96. The van der Waals surface area contributed by atoms with E-state index in [-0.39, 0.29) is 5.25 Å². The summed E-state index contributed by atoms with van der Waals surface area (Å²) in [6, 6.07) is 0. The van der Waals surface area contributed by atoms with Gasteiger partial charge in [0.15, 0.2) is 0 Å². The van der Waals surface area contributed by atoms with Crippen LogP contribution in [0.4, 0.5) is 0 Å². The van der Waals surface area contributed by atoms with Crippen molar-refractivity contribution in [2.45, 2.75) is 44.0 Å². The molecule has 0 spiro atoms. The van der Waals surface area contributed by atoms with E-state index in [2.05, 4.69) is 10.4 Å². The Labute approximate surface area is 94.9 Å². The van der Waals surface area contributed by atoms with E-state index in [1.165, 1.54) is 4.09 Å². The molecule has 2 heterocycles. The van der Waals surface area contributed by atoms with Crippen LogP contribution in [0.25, 0.3) is 0 Å². The topological polar surface area (TPSA) is 65.8 Å². The molecule has 1 fully saturated rings. The molecule has 0 atom stereocenters. The van der Waals surface area contributed by atoms with Crippen LogP contribution in [-0.2, 0) is 23.1 Å². The molecular formula is C10H16N3O2S+. The molecule has 0 amide bonds. The molecule has 0 unspecified atom stereocenters. The summed E-state index contributed by atoms with van der Waals surface area (Å²) in [6.45, 7) is 1.50. The van der Waals surface area contributed by atoms with Crippen LogP contribution in [-0.4, -0.2) is 18.8 Å². The number of hydrogen-bond donors (Lipinski definition) is 2. The van der Waals surface area contributed by atoms with Crippen molar-refractivity contribution in [1.82, 2.24) is 10.4 Å². The zero-order valence-electron chi connectivity index (χ0n) is 9.07. The van der Waals surface area contributed by atoms with Gasteiger partial charge in [0.25, 0.3) is 0 Å². The van der Waals surface area contributed by atoms with Crippen molar-refractivity contribution in [2.75, 3.05) is 0 Å². The van der Waals surface area contributed by atoms with Crippen LogP contribution < -0.4 is 9.40 Å². The molecule has 2 N–H and O–H groups in total. The van der Waals surface area contributed by atoms with Gasteiger partial charge in [-0.2, -0.15) is 13.5 Å². The fourth-order valence-corrected chi connectivity index (χ4v) is 4.33. The van der Waals surface area contributed by atoms with Crippen molar-refractivity contribution < 1.29 is 12.5 Å². The minimum absolute atomic E-state index is 0.191. The maximum atomic E-state index is 12.3. The van der Waals surface area contributed by atoms with Gasteiger partial charge < -0.3 is 5.32 Å². The lowest BCUT2D eigenvalue weighted by Gasteiger charge is -2.02. The van der Waals surface area contributed by atoms with Gasteiger partial charge >= 0.3 is 10.0 Å². The molecule has 6 heteroatoms. The highest BCUT2D eigenvalue weighted by Crippen LogP contribution is 2.24. The van der Waals surface area contributed by atoms with Crippen LogP contribution >= 0.6 is 0 Å². The first-order valence-corrected chi connectivity index (χ1v) is 7.26. The fourth-order valence-electron chi connectivity index (χ4n) is 2.57. The normalized spacial score (nSPS) is 21.5. The molecule has 1 aromatic rings. The van der Waals surface area contributed by atoms with Crippen LogP contribution in [0.1, 0.15) is 36.9 Å². The summed E-state index contributed by atoms with van der Waals surface area (Å²) in [5, 5.41) is 5.96. The zero-order chi connectivity index (χ0) is 11.2. The Kier molecular flexibility index (Phi) is 2.29. The summed E-state index contributed by atoms with van der Waals surface area (Å²) in [6.07, 6.45) is 5.40. The van der Waals surface area contributed by atoms with Crippen molar-refractivity contribution in [3.8, 4) is 0 Å². The monoisotopic (exact) mass is 242 g/mol. The Morgan fingerprint density at radius 1 is 1.25 bits per heavy atom. The predicted molar refractivity (Wildman–Crippen MR) is 58.1 cm³/mol. The number of aromatic amines is 1. The molecule has 0 aromatic carbocycles. The van der Waals surface area contributed by atoms with Gasteiger partial charge in [0.1, 0.15) is 5.25 Å². The summed E-state index contributed by atoms with van der Waals surface area (Å²) in [4.78, 5) is 0. The zero-order valence-corrected chi connectivity index (χ0v) is 9.89. The molecule has 1 aliphatic carbocycles. The van der Waals surface area contributed by atoms with E-state index >= 15 is 0 Å². The highest BCUT2D eigenvalue weighted by atomic mass is 32.2. The SMILES string of the molecule is O=S(=O)(C1CCCC1)[n+]1cc2c([nH]1)CNC2. The minimum Gasteiger partial charge on any atom is -0.307 e. The molecule has 1 aliphatic heterocycles. The average Bonchev–Trinajstić information content (AvgIpc) is 2.94. The summed E-state index contributed by atoms with van der Waals surface area (Å²) in [7, 11) is -3.18. The number of hydrogen-bond acceptors (Lipinski definition) is 3. The van der Waals surface area contributed by atoms with E-state index in [0.29, 0.717) is 0 Å². The van der Waals surface area contributed by atoms with Crippen LogP contribution in [0.2, 0.25) is 0 Å². The molecule has 0 radical (unpaired) electrons. The number of H-pyrrole nitrogens is 1. The lowest BCUT2D eigenvalue weighted by atomic mass is 10.3. The maximum Gasteiger partial charge on any atom is 0.393 e.